The van der Waals surface area contributed by atoms with Crippen molar-refractivity contribution >= 4 is 44.3 Å². The molecular formula is C14H8F2N4OS2. The highest BCUT2D eigenvalue weighted by atomic mass is 32.2. The van der Waals surface area contributed by atoms with E-state index in [1.54, 1.807) is 6.07 Å². The highest BCUT2D eigenvalue weighted by Crippen LogP contribution is 2.24. The van der Waals surface area contributed by atoms with Crippen LogP contribution >= 0.6 is 23.1 Å². The number of aromatic nitrogens is 4. The summed E-state index contributed by atoms with van der Waals surface area (Å²) in [6, 6.07) is 3.90. The Morgan fingerprint density at radius 1 is 1.13 bits per heavy atom. The molecule has 0 aliphatic rings. The van der Waals surface area contributed by atoms with Gasteiger partial charge in [-0.25, -0.2) is 18.7 Å². The van der Waals surface area contributed by atoms with E-state index in [-0.39, 0.29) is 5.56 Å². The van der Waals surface area contributed by atoms with Gasteiger partial charge in [0.1, 0.15) is 10.5 Å². The van der Waals surface area contributed by atoms with Gasteiger partial charge in [-0.3, -0.25) is 4.79 Å². The summed E-state index contributed by atoms with van der Waals surface area (Å²) in [6.45, 7) is 0. The topological polar surface area (TPSA) is 74.4 Å². The minimum absolute atomic E-state index is 0.172. The SMILES string of the molecule is O=c1[nH]c(CSc2nc3cc(F)c(F)cc3[nH]2)nc2ccsc12. The van der Waals surface area contributed by atoms with Crippen LogP contribution in [0.15, 0.2) is 33.5 Å². The second-order valence-electron chi connectivity index (χ2n) is 4.76. The van der Waals surface area contributed by atoms with Crippen molar-refractivity contribution in [2.24, 2.45) is 0 Å². The van der Waals surface area contributed by atoms with Crippen LogP contribution in [-0.4, -0.2) is 19.9 Å². The number of hydrogen-bond donors (Lipinski definition) is 2. The molecule has 3 aromatic heterocycles. The molecule has 23 heavy (non-hydrogen) atoms. The van der Waals surface area contributed by atoms with Gasteiger partial charge in [-0.2, -0.15) is 0 Å². The van der Waals surface area contributed by atoms with Crippen molar-refractivity contribution in [1.82, 2.24) is 19.9 Å². The maximum absolute atomic E-state index is 13.2. The van der Waals surface area contributed by atoms with Gasteiger partial charge < -0.3 is 9.97 Å². The molecule has 0 aliphatic carbocycles. The van der Waals surface area contributed by atoms with Crippen LogP contribution < -0.4 is 5.56 Å². The predicted molar refractivity (Wildman–Crippen MR) is 85.8 cm³/mol. The largest absolute Gasteiger partial charge is 0.333 e. The number of fused-ring (bicyclic) bond motifs is 2. The lowest BCUT2D eigenvalue weighted by molar-refractivity contribution is 0.510. The average Bonchev–Trinajstić information content (AvgIpc) is 3.12. The van der Waals surface area contributed by atoms with Gasteiger partial charge in [-0.1, -0.05) is 11.8 Å². The summed E-state index contributed by atoms with van der Waals surface area (Å²) in [6.07, 6.45) is 0. The average molecular weight is 350 g/mol. The van der Waals surface area contributed by atoms with Crippen molar-refractivity contribution in [3.63, 3.8) is 0 Å². The molecule has 0 unspecified atom stereocenters. The first kappa shape index (κ1) is 14.3. The van der Waals surface area contributed by atoms with E-state index in [1.165, 1.54) is 23.1 Å². The summed E-state index contributed by atoms with van der Waals surface area (Å²) in [4.78, 5) is 26.1. The molecule has 0 saturated carbocycles. The van der Waals surface area contributed by atoms with Crippen LogP contribution in [0.1, 0.15) is 5.82 Å². The zero-order valence-electron chi connectivity index (χ0n) is 11.4. The molecule has 5 nitrogen and oxygen atoms in total. The monoisotopic (exact) mass is 350 g/mol. The zero-order valence-corrected chi connectivity index (χ0v) is 13.0. The molecule has 4 rings (SSSR count). The summed E-state index contributed by atoms with van der Waals surface area (Å²) in [5.41, 5.74) is 1.25. The van der Waals surface area contributed by atoms with E-state index >= 15 is 0 Å². The maximum Gasteiger partial charge on any atom is 0.268 e. The molecule has 0 saturated heterocycles. The number of thiophene rings is 1. The lowest BCUT2D eigenvalue weighted by atomic mass is 10.3. The normalized spacial score (nSPS) is 11.6. The van der Waals surface area contributed by atoms with E-state index in [2.05, 4.69) is 19.9 Å². The second kappa shape index (κ2) is 5.43. The Balaban J connectivity index is 1.61. The zero-order chi connectivity index (χ0) is 16.0. The summed E-state index contributed by atoms with van der Waals surface area (Å²) >= 11 is 2.63. The van der Waals surface area contributed by atoms with Crippen LogP contribution in [0.25, 0.3) is 21.3 Å². The molecule has 2 N–H and O–H groups in total. The van der Waals surface area contributed by atoms with Gasteiger partial charge in [-0.15, -0.1) is 11.3 Å². The second-order valence-corrected chi connectivity index (χ2v) is 6.64. The van der Waals surface area contributed by atoms with Gasteiger partial charge in [0.2, 0.25) is 0 Å². The first-order chi connectivity index (χ1) is 11.1. The molecule has 0 atom stereocenters. The van der Waals surface area contributed by atoms with E-state index in [1.807, 2.05) is 5.38 Å². The van der Waals surface area contributed by atoms with Crippen molar-refractivity contribution in [3.05, 3.63) is 51.4 Å². The molecule has 0 radical (unpaired) electrons. The highest BCUT2D eigenvalue weighted by Gasteiger charge is 2.10. The Bertz CT molecular complexity index is 1050. The van der Waals surface area contributed by atoms with Crippen molar-refractivity contribution in [1.29, 1.82) is 0 Å². The number of imidazole rings is 1. The van der Waals surface area contributed by atoms with Crippen LogP contribution in [0.2, 0.25) is 0 Å². The third-order valence-electron chi connectivity index (χ3n) is 3.21. The van der Waals surface area contributed by atoms with E-state index in [0.717, 1.165) is 12.1 Å². The molecule has 116 valence electrons. The van der Waals surface area contributed by atoms with Gasteiger partial charge in [0, 0.05) is 12.1 Å². The smallest absolute Gasteiger partial charge is 0.268 e. The highest BCUT2D eigenvalue weighted by molar-refractivity contribution is 7.98. The number of thioether (sulfide) groups is 1. The third kappa shape index (κ3) is 2.62. The standard InChI is InChI=1S/C14H8F2N4OS2/c15-6-3-9-10(4-7(6)16)19-14(18-9)23-5-11-17-8-1-2-22-12(8)13(21)20-11/h1-4H,5H2,(H,18,19)(H,17,20,21). The number of H-pyrrole nitrogens is 2. The Morgan fingerprint density at radius 3 is 2.83 bits per heavy atom. The number of hydrogen-bond acceptors (Lipinski definition) is 5. The fraction of sp³-hybridized carbons (Fsp3) is 0.0714. The minimum atomic E-state index is -0.936. The van der Waals surface area contributed by atoms with Crippen LogP contribution in [0.5, 0.6) is 0 Å². The van der Waals surface area contributed by atoms with E-state index in [9.17, 15) is 13.6 Å². The van der Waals surface area contributed by atoms with Crippen molar-refractivity contribution in [2.45, 2.75) is 10.9 Å². The number of halogens is 2. The molecule has 9 heteroatoms. The fourth-order valence-corrected chi connectivity index (χ4v) is 3.66. The Kier molecular flexibility index (Phi) is 3.38. The quantitative estimate of drug-likeness (QED) is 0.555. The Morgan fingerprint density at radius 2 is 1.96 bits per heavy atom. The number of nitrogens with one attached hydrogen (secondary N) is 2. The number of benzene rings is 1. The first-order valence-corrected chi connectivity index (χ1v) is 8.40. The molecule has 4 aromatic rings. The van der Waals surface area contributed by atoms with E-state index in [4.69, 9.17) is 0 Å². The Hall–Kier alpha value is -2.26. The summed E-state index contributed by atoms with van der Waals surface area (Å²) in [7, 11) is 0. The van der Waals surface area contributed by atoms with Gasteiger partial charge in [0.05, 0.1) is 22.3 Å². The molecule has 1 aromatic carbocycles. The summed E-state index contributed by atoms with van der Waals surface area (Å²) in [5, 5.41) is 2.31. The van der Waals surface area contributed by atoms with Crippen LogP contribution in [0.3, 0.4) is 0 Å². The molecule has 3 heterocycles. The first-order valence-electron chi connectivity index (χ1n) is 6.54. The van der Waals surface area contributed by atoms with Gasteiger partial charge in [0.25, 0.3) is 5.56 Å². The van der Waals surface area contributed by atoms with Crippen molar-refractivity contribution < 1.29 is 8.78 Å². The molecular weight excluding hydrogens is 342 g/mol. The van der Waals surface area contributed by atoms with Crippen molar-refractivity contribution in [3.8, 4) is 0 Å². The van der Waals surface area contributed by atoms with Crippen LogP contribution in [0, 0.1) is 11.6 Å². The lowest BCUT2D eigenvalue weighted by Gasteiger charge is -1.98. The number of nitrogens with zero attached hydrogens (tertiary/aromatic N) is 2. The summed E-state index contributed by atoms with van der Waals surface area (Å²) in [5.74, 6) is -0.962. The van der Waals surface area contributed by atoms with Crippen LogP contribution in [-0.2, 0) is 5.75 Å². The molecule has 0 bridgehead atoms. The molecule has 0 aliphatic heterocycles. The lowest BCUT2D eigenvalue weighted by Crippen LogP contribution is -2.09. The predicted octanol–water partition coefficient (Wildman–Crippen LogP) is 3.43. The molecule has 0 spiro atoms. The maximum atomic E-state index is 13.2. The van der Waals surface area contributed by atoms with Crippen LogP contribution in [0.4, 0.5) is 8.78 Å². The van der Waals surface area contributed by atoms with E-state index in [0.29, 0.717) is 38.0 Å². The number of rotatable bonds is 3. The Labute approximate surface area is 135 Å². The van der Waals surface area contributed by atoms with E-state index < -0.39 is 11.6 Å². The van der Waals surface area contributed by atoms with Gasteiger partial charge >= 0.3 is 0 Å². The fourth-order valence-electron chi connectivity index (χ4n) is 2.18. The minimum Gasteiger partial charge on any atom is -0.333 e. The van der Waals surface area contributed by atoms with Gasteiger partial charge in [-0.05, 0) is 11.4 Å². The van der Waals surface area contributed by atoms with Gasteiger partial charge in [0.15, 0.2) is 16.8 Å². The molecule has 0 amide bonds. The number of aromatic amines is 2. The summed E-state index contributed by atoms with van der Waals surface area (Å²) < 4.78 is 27.0. The third-order valence-corrected chi connectivity index (χ3v) is 5.00. The molecule has 0 fully saturated rings. The van der Waals surface area contributed by atoms with Crippen molar-refractivity contribution in [2.75, 3.05) is 0 Å².